The van der Waals surface area contributed by atoms with Gasteiger partial charge in [-0.2, -0.15) is 0 Å². The van der Waals surface area contributed by atoms with Crippen LogP contribution in [0.1, 0.15) is 32.3 Å². The molecule has 1 aromatic rings. The monoisotopic (exact) mass is 342 g/mol. The van der Waals surface area contributed by atoms with Gasteiger partial charge in [0.05, 0.1) is 7.11 Å². The van der Waals surface area contributed by atoms with Crippen molar-refractivity contribution in [3.8, 4) is 5.75 Å². The molecule has 1 fully saturated rings. The number of rotatable bonds is 3. The molecule has 0 spiro atoms. The largest absolute Gasteiger partial charge is 0.497 e. The second kappa shape index (κ2) is 6.62. The third kappa shape index (κ3) is 3.93. The van der Waals surface area contributed by atoms with Gasteiger partial charge in [0.2, 0.25) is 5.91 Å². The van der Waals surface area contributed by atoms with E-state index in [-0.39, 0.29) is 17.9 Å². The number of amides is 2. The third-order valence-electron chi connectivity index (χ3n) is 3.51. The van der Waals surface area contributed by atoms with Crippen molar-refractivity contribution in [1.29, 1.82) is 0 Å². The number of hydrogen-bond donors (Lipinski definition) is 2. The van der Waals surface area contributed by atoms with E-state index in [0.717, 1.165) is 12.1 Å². The minimum Gasteiger partial charge on any atom is -0.497 e. The molecule has 6 nitrogen and oxygen atoms in total. The Labute approximate surface area is 138 Å². The molecular weight excluding hydrogens is 322 g/mol. The van der Waals surface area contributed by atoms with E-state index in [9.17, 15) is 18.4 Å². The highest BCUT2D eigenvalue weighted by molar-refractivity contribution is 5.89. The standard InChI is InChI=1S/C16H20F2N2O4/c1-16(2,3)24-15(22)20-13-9(7-19-14(13)21)12-10(17)5-8(23-4)6-11(12)18/h5-6,9,13H,7H2,1-4H3,(H,19,21)(H,20,22)/t9?,13-/m1/s1. The van der Waals surface area contributed by atoms with Crippen LogP contribution in [0, 0.1) is 11.6 Å². The van der Waals surface area contributed by atoms with Crippen LogP contribution in [0.15, 0.2) is 12.1 Å². The Morgan fingerprint density at radius 3 is 2.38 bits per heavy atom. The molecule has 8 heteroatoms. The second-order valence-corrected chi connectivity index (χ2v) is 6.48. The minimum atomic E-state index is -1.13. The Hall–Kier alpha value is -2.38. The topological polar surface area (TPSA) is 76.7 Å². The van der Waals surface area contributed by atoms with Crippen molar-refractivity contribution in [2.75, 3.05) is 13.7 Å². The molecular formula is C16H20F2N2O4. The predicted molar refractivity (Wildman–Crippen MR) is 81.8 cm³/mol. The highest BCUT2D eigenvalue weighted by Gasteiger charge is 2.40. The first-order chi connectivity index (χ1) is 11.1. The molecule has 1 saturated heterocycles. The molecule has 1 heterocycles. The number of carbonyl (C=O) groups is 2. The summed E-state index contributed by atoms with van der Waals surface area (Å²) in [5, 5.41) is 4.87. The van der Waals surface area contributed by atoms with E-state index in [2.05, 4.69) is 10.6 Å². The Morgan fingerprint density at radius 2 is 1.88 bits per heavy atom. The van der Waals surface area contributed by atoms with Gasteiger partial charge in [0.25, 0.3) is 0 Å². The molecule has 2 N–H and O–H groups in total. The van der Waals surface area contributed by atoms with Crippen LogP contribution in [0.4, 0.5) is 13.6 Å². The SMILES string of the molecule is COc1cc(F)c(C2CNC(=O)[C@@H]2NC(=O)OC(C)(C)C)c(F)c1. The maximum absolute atomic E-state index is 14.3. The highest BCUT2D eigenvalue weighted by atomic mass is 19.1. The van der Waals surface area contributed by atoms with E-state index >= 15 is 0 Å². The maximum atomic E-state index is 14.3. The van der Waals surface area contributed by atoms with Crippen molar-refractivity contribution >= 4 is 12.0 Å². The fourth-order valence-electron chi connectivity index (χ4n) is 2.52. The smallest absolute Gasteiger partial charge is 0.408 e. The molecule has 2 atom stereocenters. The van der Waals surface area contributed by atoms with Crippen LogP contribution in [0.2, 0.25) is 0 Å². The van der Waals surface area contributed by atoms with E-state index in [1.165, 1.54) is 7.11 Å². The number of alkyl carbamates (subject to hydrolysis) is 1. The van der Waals surface area contributed by atoms with E-state index in [1.54, 1.807) is 20.8 Å². The summed E-state index contributed by atoms with van der Waals surface area (Å²) in [6.07, 6.45) is -0.830. The quantitative estimate of drug-likeness (QED) is 0.882. The van der Waals surface area contributed by atoms with Crippen molar-refractivity contribution in [3.05, 3.63) is 29.3 Å². The highest BCUT2D eigenvalue weighted by Crippen LogP contribution is 2.31. The molecule has 0 saturated carbocycles. The molecule has 1 unspecified atom stereocenters. The molecule has 1 aliphatic heterocycles. The summed E-state index contributed by atoms with van der Waals surface area (Å²) in [5.74, 6) is -3.08. The summed E-state index contributed by atoms with van der Waals surface area (Å²) in [6.45, 7) is 5.00. The van der Waals surface area contributed by atoms with E-state index in [0.29, 0.717) is 0 Å². The normalized spacial score (nSPS) is 20.5. The molecule has 0 bridgehead atoms. The first kappa shape index (κ1) is 18.0. The zero-order chi connectivity index (χ0) is 18.1. The van der Waals surface area contributed by atoms with Gasteiger partial charge in [-0.15, -0.1) is 0 Å². The summed E-state index contributed by atoms with van der Waals surface area (Å²) in [7, 11) is 1.29. The van der Waals surface area contributed by atoms with Gasteiger partial charge in [-0.25, -0.2) is 13.6 Å². The zero-order valence-corrected chi connectivity index (χ0v) is 13.9. The Bertz CT molecular complexity index is 635. The first-order valence-electron chi connectivity index (χ1n) is 7.42. The van der Waals surface area contributed by atoms with Crippen molar-refractivity contribution in [2.24, 2.45) is 0 Å². The van der Waals surface area contributed by atoms with Crippen molar-refractivity contribution in [2.45, 2.75) is 38.3 Å². The lowest BCUT2D eigenvalue weighted by atomic mass is 9.93. The number of carbonyl (C=O) groups excluding carboxylic acids is 2. The lowest BCUT2D eigenvalue weighted by molar-refractivity contribution is -0.121. The Balaban J connectivity index is 2.26. The number of ether oxygens (including phenoxy) is 2. The number of hydrogen-bond acceptors (Lipinski definition) is 4. The van der Waals surface area contributed by atoms with Gasteiger partial charge in [-0.05, 0) is 20.8 Å². The Kier molecular flexibility index (Phi) is 4.96. The van der Waals surface area contributed by atoms with Crippen LogP contribution < -0.4 is 15.4 Å². The van der Waals surface area contributed by atoms with Gasteiger partial charge in [-0.1, -0.05) is 0 Å². The van der Waals surface area contributed by atoms with E-state index in [1.807, 2.05) is 0 Å². The van der Waals surface area contributed by atoms with Crippen LogP contribution in [0.5, 0.6) is 5.75 Å². The van der Waals surface area contributed by atoms with Gasteiger partial charge >= 0.3 is 6.09 Å². The van der Waals surface area contributed by atoms with Gasteiger partial charge in [-0.3, -0.25) is 4.79 Å². The molecule has 2 rings (SSSR count). The number of halogens is 2. The van der Waals surface area contributed by atoms with Crippen LogP contribution in [-0.4, -0.2) is 37.3 Å². The summed E-state index contributed by atoms with van der Waals surface area (Å²) < 4.78 is 38.4. The minimum absolute atomic E-state index is 0.000529. The number of methoxy groups -OCH3 is 1. The van der Waals surface area contributed by atoms with Crippen molar-refractivity contribution in [3.63, 3.8) is 0 Å². The van der Waals surface area contributed by atoms with E-state index < -0.39 is 41.2 Å². The van der Waals surface area contributed by atoms with Gasteiger partial charge in [0.15, 0.2) is 0 Å². The molecule has 1 aliphatic rings. The zero-order valence-electron chi connectivity index (χ0n) is 13.9. The molecule has 24 heavy (non-hydrogen) atoms. The van der Waals surface area contributed by atoms with Gasteiger partial charge in [0.1, 0.15) is 29.0 Å². The number of nitrogens with one attached hydrogen (secondary N) is 2. The molecule has 1 aromatic carbocycles. The Morgan fingerprint density at radius 1 is 1.29 bits per heavy atom. The second-order valence-electron chi connectivity index (χ2n) is 6.48. The average molecular weight is 342 g/mol. The number of benzene rings is 1. The molecule has 0 aromatic heterocycles. The maximum Gasteiger partial charge on any atom is 0.408 e. The van der Waals surface area contributed by atoms with Crippen molar-refractivity contribution in [1.82, 2.24) is 10.6 Å². The fraction of sp³-hybridized carbons (Fsp3) is 0.500. The van der Waals surface area contributed by atoms with Crippen LogP contribution in [-0.2, 0) is 9.53 Å². The predicted octanol–water partition coefficient (Wildman–Crippen LogP) is 2.08. The molecule has 132 valence electrons. The van der Waals surface area contributed by atoms with Gasteiger partial charge < -0.3 is 20.1 Å². The summed E-state index contributed by atoms with van der Waals surface area (Å²) in [6, 6.07) is 0.939. The molecule has 2 amide bonds. The summed E-state index contributed by atoms with van der Waals surface area (Å²) in [4.78, 5) is 23.8. The first-order valence-corrected chi connectivity index (χ1v) is 7.42. The lowest BCUT2D eigenvalue weighted by Gasteiger charge is -2.24. The fourth-order valence-corrected chi connectivity index (χ4v) is 2.52. The summed E-state index contributed by atoms with van der Waals surface area (Å²) in [5.41, 5.74) is -1.04. The van der Waals surface area contributed by atoms with Gasteiger partial charge in [0, 0.05) is 30.2 Å². The molecule has 0 radical (unpaired) electrons. The van der Waals surface area contributed by atoms with Crippen LogP contribution in [0.3, 0.4) is 0 Å². The average Bonchev–Trinajstić information content (AvgIpc) is 2.77. The lowest BCUT2D eigenvalue weighted by Crippen LogP contribution is -2.45. The summed E-state index contributed by atoms with van der Waals surface area (Å²) >= 11 is 0. The third-order valence-corrected chi connectivity index (χ3v) is 3.51. The van der Waals surface area contributed by atoms with Crippen LogP contribution >= 0.6 is 0 Å². The van der Waals surface area contributed by atoms with Crippen molar-refractivity contribution < 1.29 is 27.8 Å². The van der Waals surface area contributed by atoms with Crippen LogP contribution in [0.25, 0.3) is 0 Å². The van der Waals surface area contributed by atoms with E-state index in [4.69, 9.17) is 9.47 Å². The molecule has 0 aliphatic carbocycles.